The molecule has 6 nitrogen and oxygen atoms in total. The monoisotopic (exact) mass is 594 g/mol. The van der Waals surface area contributed by atoms with Crippen LogP contribution in [0.15, 0.2) is 97.2 Å². The molecular weight excluding hydrogens is 564 g/mol. The highest BCUT2D eigenvalue weighted by Gasteiger charge is 2.42. The van der Waals surface area contributed by atoms with Gasteiger partial charge in [-0.1, -0.05) is 35.9 Å². The van der Waals surface area contributed by atoms with Gasteiger partial charge in [0.2, 0.25) is 0 Å². The summed E-state index contributed by atoms with van der Waals surface area (Å²) >= 11 is 12.4. The summed E-state index contributed by atoms with van der Waals surface area (Å²) < 4.78 is 14.1. The largest absolute Gasteiger partial charge is 0.495 e. The number of nitrogens with zero attached hydrogens (tertiary/aromatic N) is 3. The predicted molar refractivity (Wildman–Crippen MR) is 172 cm³/mol. The van der Waals surface area contributed by atoms with Crippen LogP contribution in [-0.4, -0.2) is 21.8 Å². The van der Waals surface area contributed by atoms with Crippen LogP contribution in [0.5, 0.6) is 17.2 Å². The molecular formula is C34H31ClN4O2S. The predicted octanol–water partition coefficient (Wildman–Crippen LogP) is 8.43. The number of para-hydroxylation sites is 1. The second kappa shape index (κ2) is 11.5. The van der Waals surface area contributed by atoms with Crippen LogP contribution in [0.2, 0.25) is 5.02 Å². The number of methoxy groups -OCH3 is 1. The standard InChI is InChI=1S/C34H31ClN4O2S/c1-21-9-5-6-11-30(21)41-26-15-13-25(14-16-26)39-33(32(37-34(39)42)28-10-7-8-18-36-28)27-19-22(2)38(23(27)3)29-20-24(35)12-17-31(29)40-4/h5-20,32-33H,1-4H3,(H,37,42)/t32-,33+/m1/s1. The summed E-state index contributed by atoms with van der Waals surface area (Å²) in [4.78, 5) is 6.89. The van der Waals surface area contributed by atoms with Crippen LogP contribution in [0.1, 0.15) is 40.3 Å². The number of aromatic nitrogens is 2. The zero-order chi connectivity index (χ0) is 29.4. The lowest BCUT2D eigenvalue weighted by Gasteiger charge is -2.28. The van der Waals surface area contributed by atoms with Gasteiger partial charge < -0.3 is 24.3 Å². The number of aryl methyl sites for hydroxylation is 2. The van der Waals surface area contributed by atoms with E-state index >= 15 is 0 Å². The second-order valence-electron chi connectivity index (χ2n) is 10.3. The van der Waals surface area contributed by atoms with Gasteiger partial charge in [0.15, 0.2) is 5.11 Å². The maximum atomic E-state index is 6.44. The van der Waals surface area contributed by atoms with Gasteiger partial charge in [-0.3, -0.25) is 4.98 Å². The minimum Gasteiger partial charge on any atom is -0.495 e. The molecule has 2 atom stereocenters. The number of thiocarbonyl (C=S) groups is 1. The number of pyridine rings is 1. The fraction of sp³-hybridized carbons (Fsp3) is 0.176. The zero-order valence-electron chi connectivity index (χ0n) is 23.8. The maximum absolute atomic E-state index is 6.44. The van der Waals surface area contributed by atoms with E-state index in [9.17, 15) is 0 Å². The third kappa shape index (κ3) is 5.10. The third-order valence-electron chi connectivity index (χ3n) is 7.71. The van der Waals surface area contributed by atoms with Crippen molar-refractivity contribution in [2.45, 2.75) is 32.9 Å². The van der Waals surface area contributed by atoms with Crippen LogP contribution >= 0.6 is 23.8 Å². The average Bonchev–Trinajstić information content (AvgIpc) is 3.49. The third-order valence-corrected chi connectivity index (χ3v) is 8.25. The summed E-state index contributed by atoms with van der Waals surface area (Å²) in [5.74, 6) is 2.34. The van der Waals surface area contributed by atoms with Gasteiger partial charge in [0, 0.05) is 28.3 Å². The Balaban J connectivity index is 1.44. The highest BCUT2D eigenvalue weighted by Crippen LogP contribution is 2.44. The second-order valence-corrected chi connectivity index (χ2v) is 11.2. The first-order chi connectivity index (χ1) is 20.4. The number of ether oxygens (including phenoxy) is 2. The van der Waals surface area contributed by atoms with E-state index in [1.54, 1.807) is 7.11 Å². The fourth-order valence-electron chi connectivity index (χ4n) is 5.72. The van der Waals surface area contributed by atoms with Gasteiger partial charge in [-0.05, 0) is 111 Å². The van der Waals surface area contributed by atoms with Crippen LogP contribution in [0.3, 0.4) is 0 Å². The molecule has 6 rings (SSSR count). The minimum atomic E-state index is -0.170. The number of benzene rings is 3. The molecule has 3 heterocycles. The molecule has 0 radical (unpaired) electrons. The molecule has 0 bridgehead atoms. The first-order valence-corrected chi connectivity index (χ1v) is 14.5. The van der Waals surface area contributed by atoms with Gasteiger partial charge in [-0.2, -0.15) is 0 Å². The molecule has 1 saturated heterocycles. The number of rotatable bonds is 7. The number of hydrogen-bond acceptors (Lipinski definition) is 4. The van der Waals surface area contributed by atoms with E-state index < -0.39 is 0 Å². The Morgan fingerprint density at radius 2 is 1.64 bits per heavy atom. The molecule has 3 aromatic carbocycles. The quantitative estimate of drug-likeness (QED) is 0.191. The van der Waals surface area contributed by atoms with Crippen molar-refractivity contribution in [3.05, 3.63) is 130 Å². The van der Waals surface area contributed by atoms with Gasteiger partial charge in [0.05, 0.1) is 30.6 Å². The van der Waals surface area contributed by atoms with Crippen LogP contribution in [0.4, 0.5) is 5.69 Å². The van der Waals surface area contributed by atoms with Crippen molar-refractivity contribution in [3.8, 4) is 22.9 Å². The molecule has 0 spiro atoms. The van der Waals surface area contributed by atoms with Crippen LogP contribution < -0.4 is 19.7 Å². The lowest BCUT2D eigenvalue weighted by molar-refractivity contribution is 0.412. The van der Waals surface area contributed by atoms with Crippen molar-refractivity contribution in [1.29, 1.82) is 0 Å². The Morgan fingerprint density at radius 3 is 2.36 bits per heavy atom. The summed E-state index contributed by atoms with van der Waals surface area (Å²) in [5, 5.41) is 4.84. The number of nitrogens with one attached hydrogen (secondary N) is 1. The normalized spacial score (nSPS) is 16.4. The molecule has 1 fully saturated rings. The minimum absolute atomic E-state index is 0.166. The fourth-order valence-corrected chi connectivity index (χ4v) is 6.23. The van der Waals surface area contributed by atoms with E-state index in [1.807, 2.05) is 85.9 Å². The Bertz CT molecular complexity index is 1750. The Kier molecular flexibility index (Phi) is 7.62. The molecule has 5 aromatic rings. The van der Waals surface area contributed by atoms with Gasteiger partial charge in [0.1, 0.15) is 17.2 Å². The Morgan fingerprint density at radius 1 is 0.881 bits per heavy atom. The van der Waals surface area contributed by atoms with Gasteiger partial charge in [0.25, 0.3) is 0 Å². The van der Waals surface area contributed by atoms with E-state index in [2.05, 4.69) is 46.8 Å². The molecule has 0 amide bonds. The molecule has 1 N–H and O–H groups in total. The van der Waals surface area contributed by atoms with Gasteiger partial charge in [-0.25, -0.2) is 0 Å². The van der Waals surface area contributed by atoms with Crippen LogP contribution in [0, 0.1) is 20.8 Å². The SMILES string of the molecule is COc1ccc(Cl)cc1-n1c(C)cc([C@H]2[C@@H](c3ccccn3)NC(=S)N2c2ccc(Oc3ccccc3C)cc2)c1C. The first-order valence-electron chi connectivity index (χ1n) is 13.7. The summed E-state index contributed by atoms with van der Waals surface area (Å²) in [7, 11) is 1.67. The molecule has 0 aliphatic carbocycles. The van der Waals surface area contributed by atoms with Gasteiger partial charge in [-0.15, -0.1) is 0 Å². The first kappa shape index (κ1) is 27.8. The molecule has 8 heteroatoms. The van der Waals surface area contributed by atoms with E-state index in [-0.39, 0.29) is 12.1 Å². The summed E-state index contributed by atoms with van der Waals surface area (Å²) in [6.45, 7) is 6.25. The van der Waals surface area contributed by atoms with Crippen LogP contribution in [-0.2, 0) is 0 Å². The topological polar surface area (TPSA) is 51.5 Å². The maximum Gasteiger partial charge on any atom is 0.174 e. The number of hydrogen-bond donors (Lipinski definition) is 1. The van der Waals surface area contributed by atoms with E-state index in [0.717, 1.165) is 56.8 Å². The van der Waals surface area contributed by atoms with Gasteiger partial charge >= 0.3 is 0 Å². The number of anilines is 1. The Hall–Kier alpha value is -4.33. The summed E-state index contributed by atoms with van der Waals surface area (Å²) in [6.07, 6.45) is 1.82. The van der Waals surface area contributed by atoms with E-state index in [1.165, 1.54) is 0 Å². The van der Waals surface area contributed by atoms with E-state index in [4.69, 9.17) is 38.3 Å². The summed E-state index contributed by atoms with van der Waals surface area (Å²) in [6, 6.07) is 29.6. The lowest BCUT2D eigenvalue weighted by atomic mass is 9.96. The van der Waals surface area contributed by atoms with Crippen molar-refractivity contribution in [2.24, 2.45) is 0 Å². The van der Waals surface area contributed by atoms with E-state index in [0.29, 0.717) is 10.1 Å². The van der Waals surface area contributed by atoms with Crippen LogP contribution in [0.25, 0.3) is 5.69 Å². The van der Waals surface area contributed by atoms with Crippen molar-refractivity contribution >= 4 is 34.6 Å². The molecule has 2 aromatic heterocycles. The molecule has 1 aliphatic heterocycles. The van der Waals surface area contributed by atoms with Crippen molar-refractivity contribution in [1.82, 2.24) is 14.9 Å². The number of halogens is 1. The van der Waals surface area contributed by atoms with Crippen molar-refractivity contribution in [2.75, 3.05) is 12.0 Å². The zero-order valence-corrected chi connectivity index (χ0v) is 25.4. The molecule has 0 saturated carbocycles. The van der Waals surface area contributed by atoms with Crippen molar-refractivity contribution in [3.63, 3.8) is 0 Å². The Labute approximate surface area is 256 Å². The molecule has 42 heavy (non-hydrogen) atoms. The smallest absolute Gasteiger partial charge is 0.174 e. The molecule has 0 unspecified atom stereocenters. The highest BCUT2D eigenvalue weighted by atomic mass is 35.5. The molecule has 1 aliphatic rings. The van der Waals surface area contributed by atoms with Crippen molar-refractivity contribution < 1.29 is 9.47 Å². The lowest BCUT2D eigenvalue weighted by Crippen LogP contribution is -2.29. The highest BCUT2D eigenvalue weighted by molar-refractivity contribution is 7.80. The average molecular weight is 595 g/mol. The summed E-state index contributed by atoms with van der Waals surface area (Å²) in [5.41, 5.74) is 7.08. The molecule has 212 valence electrons.